The number of hydrogen-bond acceptors (Lipinski definition) is 2. The fourth-order valence-electron chi connectivity index (χ4n) is 4.18. The molecule has 3 atom stereocenters. The van der Waals surface area contributed by atoms with E-state index in [1.807, 2.05) is 0 Å². The Morgan fingerprint density at radius 2 is 2.24 bits per heavy atom. The second-order valence-electron chi connectivity index (χ2n) is 6.58. The molecule has 0 saturated carbocycles. The summed E-state index contributed by atoms with van der Waals surface area (Å²) in [6, 6.07) is 10.2. The van der Waals surface area contributed by atoms with Crippen molar-refractivity contribution in [1.29, 1.82) is 0 Å². The van der Waals surface area contributed by atoms with Gasteiger partial charge in [-0.25, -0.2) is 0 Å². The lowest BCUT2D eigenvalue weighted by atomic mass is 9.88. The van der Waals surface area contributed by atoms with E-state index < -0.39 is 0 Å². The molecule has 1 aromatic rings. The van der Waals surface area contributed by atoms with Crippen LogP contribution in [0.3, 0.4) is 0 Å². The molecule has 0 aliphatic carbocycles. The Morgan fingerprint density at radius 3 is 2.95 bits per heavy atom. The van der Waals surface area contributed by atoms with Crippen molar-refractivity contribution in [1.82, 2.24) is 10.2 Å². The van der Waals surface area contributed by atoms with E-state index >= 15 is 0 Å². The van der Waals surface area contributed by atoms with Crippen LogP contribution in [0.4, 0.5) is 0 Å². The topological polar surface area (TPSA) is 15.3 Å². The van der Waals surface area contributed by atoms with Gasteiger partial charge in [0.2, 0.25) is 0 Å². The molecule has 116 valence electrons. The number of piperidine rings is 1. The number of nitrogens with one attached hydrogen (secondary N) is 1. The number of rotatable bonds is 4. The van der Waals surface area contributed by atoms with Gasteiger partial charge in [-0.05, 0) is 68.8 Å². The summed E-state index contributed by atoms with van der Waals surface area (Å²) in [4.78, 5) is 2.73. The van der Waals surface area contributed by atoms with Gasteiger partial charge in [-0.2, -0.15) is 0 Å². The zero-order valence-electron chi connectivity index (χ0n) is 13.0. The van der Waals surface area contributed by atoms with Crippen LogP contribution in [0.1, 0.15) is 50.6 Å². The first kappa shape index (κ1) is 15.5. The quantitative estimate of drug-likeness (QED) is 0.867. The van der Waals surface area contributed by atoms with E-state index in [-0.39, 0.29) is 0 Å². The van der Waals surface area contributed by atoms with Crippen molar-refractivity contribution < 1.29 is 0 Å². The molecule has 0 aromatic heterocycles. The molecular formula is C18H27BrN2. The molecule has 21 heavy (non-hydrogen) atoms. The molecule has 0 spiro atoms. The Balaban J connectivity index is 1.71. The van der Waals surface area contributed by atoms with Gasteiger partial charge in [0.05, 0.1) is 0 Å². The zero-order valence-corrected chi connectivity index (χ0v) is 14.6. The Kier molecular flexibility index (Phi) is 5.36. The second-order valence-corrected chi connectivity index (χ2v) is 7.49. The first-order valence-corrected chi connectivity index (χ1v) is 9.30. The molecule has 1 N–H and O–H groups in total. The van der Waals surface area contributed by atoms with Gasteiger partial charge in [-0.3, -0.25) is 4.90 Å². The van der Waals surface area contributed by atoms with Crippen LogP contribution >= 0.6 is 15.9 Å². The minimum absolute atomic E-state index is 0.576. The van der Waals surface area contributed by atoms with Crippen LogP contribution in [-0.4, -0.2) is 30.6 Å². The predicted octanol–water partition coefficient (Wildman–Crippen LogP) is 4.36. The van der Waals surface area contributed by atoms with Crippen LogP contribution in [0.5, 0.6) is 0 Å². The van der Waals surface area contributed by atoms with Crippen molar-refractivity contribution in [2.24, 2.45) is 5.92 Å². The van der Waals surface area contributed by atoms with Crippen LogP contribution in [0, 0.1) is 5.92 Å². The third kappa shape index (κ3) is 3.69. The minimum Gasteiger partial charge on any atom is -0.314 e. The standard InChI is InChI=1S/C18H27BrN2/c1-2-18(14-6-3-8-16(19)12-14)21-11-5-7-15(13-21)17-9-4-10-20-17/h3,6,8,12,15,17-18,20H,2,4-5,7,9-11,13H2,1H3. The summed E-state index contributed by atoms with van der Waals surface area (Å²) < 4.78 is 1.20. The summed E-state index contributed by atoms with van der Waals surface area (Å²) in [6.07, 6.45) is 6.70. The first-order valence-electron chi connectivity index (χ1n) is 8.51. The Morgan fingerprint density at radius 1 is 1.33 bits per heavy atom. The van der Waals surface area contributed by atoms with Gasteiger partial charge in [0.15, 0.2) is 0 Å². The molecule has 2 fully saturated rings. The zero-order chi connectivity index (χ0) is 14.7. The van der Waals surface area contributed by atoms with E-state index in [0.29, 0.717) is 6.04 Å². The number of hydrogen-bond donors (Lipinski definition) is 1. The van der Waals surface area contributed by atoms with E-state index in [0.717, 1.165) is 12.0 Å². The molecule has 0 bridgehead atoms. The van der Waals surface area contributed by atoms with E-state index in [1.54, 1.807) is 0 Å². The van der Waals surface area contributed by atoms with Crippen molar-refractivity contribution in [3.05, 3.63) is 34.3 Å². The van der Waals surface area contributed by atoms with E-state index in [4.69, 9.17) is 0 Å². The third-order valence-corrected chi connectivity index (χ3v) is 5.71. The maximum atomic E-state index is 3.72. The highest BCUT2D eigenvalue weighted by Gasteiger charge is 2.31. The number of halogens is 1. The molecule has 2 saturated heterocycles. The lowest BCUT2D eigenvalue weighted by molar-refractivity contribution is 0.104. The van der Waals surface area contributed by atoms with Crippen molar-refractivity contribution in [3.8, 4) is 0 Å². The van der Waals surface area contributed by atoms with Gasteiger partial charge in [-0.1, -0.05) is 35.0 Å². The monoisotopic (exact) mass is 350 g/mol. The van der Waals surface area contributed by atoms with Crippen LogP contribution in [0.25, 0.3) is 0 Å². The number of likely N-dealkylation sites (tertiary alicyclic amines) is 1. The molecule has 3 heteroatoms. The normalized spacial score (nSPS) is 28.7. The van der Waals surface area contributed by atoms with E-state index in [2.05, 4.69) is 57.3 Å². The van der Waals surface area contributed by atoms with E-state index in [9.17, 15) is 0 Å². The number of benzene rings is 1. The summed E-state index contributed by atoms with van der Waals surface area (Å²) in [5.41, 5.74) is 1.46. The molecule has 0 amide bonds. The molecular weight excluding hydrogens is 324 g/mol. The van der Waals surface area contributed by atoms with Crippen LogP contribution in [-0.2, 0) is 0 Å². The molecule has 3 rings (SSSR count). The van der Waals surface area contributed by atoms with Gasteiger partial charge in [0, 0.05) is 23.1 Å². The molecule has 3 unspecified atom stereocenters. The largest absolute Gasteiger partial charge is 0.314 e. The van der Waals surface area contributed by atoms with Crippen molar-refractivity contribution >= 4 is 15.9 Å². The Bertz CT molecular complexity index is 456. The SMILES string of the molecule is CCC(c1cccc(Br)c1)N1CCCC(C2CCCN2)C1. The van der Waals surface area contributed by atoms with Crippen LogP contribution in [0.15, 0.2) is 28.7 Å². The van der Waals surface area contributed by atoms with Crippen molar-refractivity contribution in [2.45, 2.75) is 51.1 Å². The minimum atomic E-state index is 0.576. The highest BCUT2D eigenvalue weighted by atomic mass is 79.9. The predicted molar refractivity (Wildman–Crippen MR) is 92.5 cm³/mol. The third-order valence-electron chi connectivity index (χ3n) is 5.22. The number of nitrogens with zero attached hydrogens (tertiary/aromatic N) is 1. The van der Waals surface area contributed by atoms with Crippen LogP contribution < -0.4 is 5.32 Å². The fourth-order valence-corrected chi connectivity index (χ4v) is 4.60. The van der Waals surface area contributed by atoms with Gasteiger partial charge < -0.3 is 5.32 Å². The molecule has 0 radical (unpaired) electrons. The van der Waals surface area contributed by atoms with Crippen molar-refractivity contribution in [3.63, 3.8) is 0 Å². The molecule has 2 heterocycles. The molecule has 2 nitrogen and oxygen atoms in total. The van der Waals surface area contributed by atoms with Gasteiger partial charge in [0.1, 0.15) is 0 Å². The van der Waals surface area contributed by atoms with Crippen LogP contribution in [0.2, 0.25) is 0 Å². The van der Waals surface area contributed by atoms with E-state index in [1.165, 1.54) is 61.8 Å². The maximum absolute atomic E-state index is 3.72. The molecule has 1 aromatic carbocycles. The van der Waals surface area contributed by atoms with Gasteiger partial charge in [0.25, 0.3) is 0 Å². The summed E-state index contributed by atoms with van der Waals surface area (Å²) in [5.74, 6) is 0.849. The lowest BCUT2D eigenvalue weighted by Crippen LogP contribution is -2.44. The summed E-state index contributed by atoms with van der Waals surface area (Å²) in [7, 11) is 0. The highest BCUT2D eigenvalue weighted by molar-refractivity contribution is 9.10. The summed E-state index contributed by atoms with van der Waals surface area (Å²) in [5, 5.41) is 3.72. The highest BCUT2D eigenvalue weighted by Crippen LogP contribution is 2.32. The average Bonchev–Trinajstić information content (AvgIpc) is 3.03. The summed E-state index contributed by atoms with van der Waals surface area (Å²) >= 11 is 3.62. The Hall–Kier alpha value is -0.380. The van der Waals surface area contributed by atoms with Crippen molar-refractivity contribution in [2.75, 3.05) is 19.6 Å². The first-order chi connectivity index (χ1) is 10.3. The van der Waals surface area contributed by atoms with Gasteiger partial charge in [-0.15, -0.1) is 0 Å². The fraction of sp³-hybridized carbons (Fsp3) is 0.667. The average molecular weight is 351 g/mol. The second kappa shape index (κ2) is 7.26. The smallest absolute Gasteiger partial charge is 0.0346 e. The molecule has 2 aliphatic rings. The maximum Gasteiger partial charge on any atom is 0.0346 e. The summed E-state index contributed by atoms with van der Waals surface area (Å²) in [6.45, 7) is 6.07. The van der Waals surface area contributed by atoms with Gasteiger partial charge >= 0.3 is 0 Å². The molecule has 2 aliphatic heterocycles. The lowest BCUT2D eigenvalue weighted by Gasteiger charge is -2.40. The Labute approximate surface area is 137 Å².